The molecule has 1 N–H and O–H groups in total. The summed E-state index contributed by atoms with van der Waals surface area (Å²) >= 11 is 0. The maximum Gasteiger partial charge on any atom is 0.255 e. The van der Waals surface area contributed by atoms with E-state index in [2.05, 4.69) is 63.2 Å². The Labute approximate surface area is 203 Å². The van der Waals surface area contributed by atoms with Gasteiger partial charge in [0.15, 0.2) is 0 Å². The van der Waals surface area contributed by atoms with E-state index in [1.165, 1.54) is 11.1 Å². The number of likely N-dealkylation sites (N-methyl/N-ethyl adjacent to an activating group) is 1. The third kappa shape index (κ3) is 4.03. The van der Waals surface area contributed by atoms with Crippen LogP contribution in [0.3, 0.4) is 0 Å². The van der Waals surface area contributed by atoms with Crippen LogP contribution in [-0.2, 0) is 6.54 Å². The van der Waals surface area contributed by atoms with Crippen LogP contribution in [0.5, 0.6) is 0 Å². The zero-order valence-corrected chi connectivity index (χ0v) is 20.0. The summed E-state index contributed by atoms with van der Waals surface area (Å²) in [6.45, 7) is 7.44. The van der Waals surface area contributed by atoms with Gasteiger partial charge in [-0.05, 0) is 61.0 Å². The predicted octanol–water partition coefficient (Wildman–Crippen LogP) is 3.98. The highest BCUT2D eigenvalue weighted by atomic mass is 16.1. The largest absolute Gasteiger partial charge is 0.304 e. The summed E-state index contributed by atoms with van der Waals surface area (Å²) < 4.78 is 1.82. The molecule has 1 aliphatic rings. The lowest BCUT2D eigenvalue weighted by Gasteiger charge is -2.32. The molecule has 1 aliphatic heterocycles. The van der Waals surface area contributed by atoms with Gasteiger partial charge in [-0.25, -0.2) is 0 Å². The van der Waals surface area contributed by atoms with E-state index in [1.807, 2.05) is 35.2 Å². The molecule has 6 rings (SSSR count). The Hall–Kier alpha value is -3.81. The number of aromatic nitrogens is 4. The molecule has 7 nitrogen and oxygen atoms in total. The molecule has 0 bridgehead atoms. The van der Waals surface area contributed by atoms with Crippen LogP contribution in [0.25, 0.3) is 38.6 Å². The number of aromatic amines is 1. The molecule has 176 valence electrons. The topological polar surface area (TPSA) is 70.0 Å². The second kappa shape index (κ2) is 8.76. The Bertz CT molecular complexity index is 1580. The number of hydrogen-bond acceptors (Lipinski definition) is 5. The first-order valence-electron chi connectivity index (χ1n) is 12.0. The third-order valence-corrected chi connectivity index (χ3v) is 7.12. The highest BCUT2D eigenvalue weighted by molar-refractivity contribution is 6.05. The Kier molecular flexibility index (Phi) is 5.43. The Morgan fingerprint density at radius 3 is 2.57 bits per heavy atom. The average Bonchev–Trinajstić information content (AvgIpc) is 3.41. The fourth-order valence-corrected chi connectivity index (χ4v) is 5.00. The molecule has 0 aliphatic carbocycles. The Balaban J connectivity index is 1.47. The summed E-state index contributed by atoms with van der Waals surface area (Å²) in [6, 6.07) is 16.0. The average molecular weight is 465 g/mol. The van der Waals surface area contributed by atoms with Crippen molar-refractivity contribution in [2.24, 2.45) is 0 Å². The van der Waals surface area contributed by atoms with Crippen LogP contribution in [0.4, 0.5) is 0 Å². The smallest absolute Gasteiger partial charge is 0.255 e. The molecular formula is C28H28N6O. The van der Waals surface area contributed by atoms with Crippen molar-refractivity contribution in [3.8, 4) is 16.8 Å². The number of rotatable bonds is 4. The number of aryl methyl sites for hydroxylation is 1. The van der Waals surface area contributed by atoms with Gasteiger partial charge >= 0.3 is 0 Å². The molecule has 5 aromatic rings. The van der Waals surface area contributed by atoms with Crippen LogP contribution in [0.1, 0.15) is 11.1 Å². The molecule has 0 saturated carbocycles. The van der Waals surface area contributed by atoms with Crippen molar-refractivity contribution < 1.29 is 0 Å². The standard InChI is InChI=1S/C28H28N6O/c1-19-13-24(6-3-22(19)18-33-11-9-32(2)10-12-33)34-27(35)8-5-21-15-29-26-7-4-20(14-25(26)28(21)34)23-16-30-31-17-23/h3-8,13-17H,9-12,18H2,1-2H3,(H,30,31). The molecule has 0 amide bonds. The first-order valence-corrected chi connectivity index (χ1v) is 12.0. The van der Waals surface area contributed by atoms with Crippen LogP contribution in [0.15, 0.2) is 71.9 Å². The number of nitrogens with zero attached hydrogens (tertiary/aromatic N) is 5. The van der Waals surface area contributed by atoms with Crippen molar-refractivity contribution in [3.05, 3.63) is 88.6 Å². The summed E-state index contributed by atoms with van der Waals surface area (Å²) in [4.78, 5) is 22.8. The van der Waals surface area contributed by atoms with E-state index in [0.29, 0.717) is 0 Å². The van der Waals surface area contributed by atoms with E-state index in [-0.39, 0.29) is 5.56 Å². The minimum atomic E-state index is -0.0510. The van der Waals surface area contributed by atoms with Crippen molar-refractivity contribution in [3.63, 3.8) is 0 Å². The first-order chi connectivity index (χ1) is 17.1. The number of fused-ring (bicyclic) bond motifs is 3. The molecule has 7 heteroatoms. The number of H-pyrrole nitrogens is 1. The van der Waals surface area contributed by atoms with E-state index in [4.69, 9.17) is 0 Å². The zero-order chi connectivity index (χ0) is 23.9. The molecule has 0 unspecified atom stereocenters. The Morgan fingerprint density at radius 1 is 0.943 bits per heavy atom. The van der Waals surface area contributed by atoms with Gasteiger partial charge in [-0.1, -0.05) is 12.1 Å². The van der Waals surface area contributed by atoms with Crippen LogP contribution < -0.4 is 5.56 Å². The van der Waals surface area contributed by atoms with E-state index >= 15 is 0 Å². The highest BCUT2D eigenvalue weighted by Crippen LogP contribution is 2.29. The summed E-state index contributed by atoms with van der Waals surface area (Å²) in [5.41, 5.74) is 7.08. The van der Waals surface area contributed by atoms with Crippen LogP contribution in [0.2, 0.25) is 0 Å². The summed E-state index contributed by atoms with van der Waals surface area (Å²) in [6.07, 6.45) is 5.52. The fraction of sp³-hybridized carbons (Fsp3) is 0.250. The zero-order valence-electron chi connectivity index (χ0n) is 20.0. The number of nitrogens with one attached hydrogen (secondary N) is 1. The van der Waals surface area contributed by atoms with Crippen molar-refractivity contribution in [2.45, 2.75) is 13.5 Å². The van der Waals surface area contributed by atoms with E-state index in [1.54, 1.807) is 12.3 Å². The highest BCUT2D eigenvalue weighted by Gasteiger charge is 2.16. The van der Waals surface area contributed by atoms with Crippen molar-refractivity contribution in [1.82, 2.24) is 29.5 Å². The van der Waals surface area contributed by atoms with Crippen LogP contribution in [-0.4, -0.2) is 62.8 Å². The molecule has 0 radical (unpaired) electrons. The third-order valence-electron chi connectivity index (χ3n) is 7.12. The van der Waals surface area contributed by atoms with E-state index in [0.717, 1.165) is 71.3 Å². The summed E-state index contributed by atoms with van der Waals surface area (Å²) in [7, 11) is 2.18. The molecule has 1 fully saturated rings. The summed E-state index contributed by atoms with van der Waals surface area (Å²) in [5, 5.41) is 8.83. The van der Waals surface area contributed by atoms with Gasteiger partial charge in [0.25, 0.3) is 5.56 Å². The van der Waals surface area contributed by atoms with Gasteiger partial charge in [0.2, 0.25) is 0 Å². The molecule has 2 aromatic carbocycles. The molecule has 0 atom stereocenters. The monoisotopic (exact) mass is 464 g/mol. The minimum Gasteiger partial charge on any atom is -0.304 e. The molecule has 0 spiro atoms. The second-order valence-corrected chi connectivity index (χ2v) is 9.48. The van der Waals surface area contributed by atoms with Gasteiger partial charge in [-0.3, -0.25) is 24.3 Å². The molecule has 3 aromatic heterocycles. The lowest BCUT2D eigenvalue weighted by atomic mass is 10.0. The minimum absolute atomic E-state index is 0.0510. The van der Waals surface area contributed by atoms with Gasteiger partial charge in [-0.15, -0.1) is 0 Å². The number of piperazine rings is 1. The second-order valence-electron chi connectivity index (χ2n) is 9.48. The molecular weight excluding hydrogens is 436 g/mol. The van der Waals surface area contributed by atoms with E-state index < -0.39 is 0 Å². The van der Waals surface area contributed by atoms with Gasteiger partial charge in [-0.2, -0.15) is 5.10 Å². The SMILES string of the molecule is Cc1cc(-n2c(=O)ccc3cnc4ccc(-c5cn[nH]c5)cc4c32)ccc1CN1CCN(C)CC1. The van der Waals surface area contributed by atoms with Crippen LogP contribution >= 0.6 is 0 Å². The lowest BCUT2D eigenvalue weighted by molar-refractivity contribution is 0.148. The van der Waals surface area contributed by atoms with Gasteiger partial charge < -0.3 is 4.90 Å². The van der Waals surface area contributed by atoms with Crippen molar-refractivity contribution in [2.75, 3.05) is 33.2 Å². The Morgan fingerprint density at radius 2 is 1.80 bits per heavy atom. The predicted molar refractivity (Wildman–Crippen MR) is 140 cm³/mol. The van der Waals surface area contributed by atoms with Crippen molar-refractivity contribution >= 4 is 21.8 Å². The maximum atomic E-state index is 13.2. The lowest BCUT2D eigenvalue weighted by Crippen LogP contribution is -2.43. The number of pyridine rings is 2. The van der Waals surface area contributed by atoms with Crippen LogP contribution in [0, 0.1) is 6.92 Å². The number of hydrogen-bond donors (Lipinski definition) is 1. The van der Waals surface area contributed by atoms with E-state index in [9.17, 15) is 4.79 Å². The normalized spacial score (nSPS) is 15.3. The summed E-state index contributed by atoms with van der Waals surface area (Å²) in [5.74, 6) is 0. The van der Waals surface area contributed by atoms with Gasteiger partial charge in [0, 0.05) is 73.2 Å². The first kappa shape index (κ1) is 21.7. The molecule has 4 heterocycles. The molecule has 35 heavy (non-hydrogen) atoms. The molecule has 1 saturated heterocycles. The van der Waals surface area contributed by atoms with Crippen molar-refractivity contribution in [1.29, 1.82) is 0 Å². The van der Waals surface area contributed by atoms with Gasteiger partial charge in [0.05, 0.1) is 17.2 Å². The number of benzene rings is 2. The van der Waals surface area contributed by atoms with Gasteiger partial charge in [0.1, 0.15) is 0 Å². The fourth-order valence-electron chi connectivity index (χ4n) is 5.00. The quantitative estimate of drug-likeness (QED) is 0.408. The maximum absolute atomic E-state index is 13.2.